The fraction of sp³-hybridized carbons (Fsp3) is 0.571. The van der Waals surface area contributed by atoms with Crippen LogP contribution in [0.3, 0.4) is 0 Å². The number of ether oxygens (including phenoxy) is 3. The van der Waals surface area contributed by atoms with Gasteiger partial charge in [0.25, 0.3) is 5.56 Å². The number of carbonyl (C=O) groups is 2. The van der Waals surface area contributed by atoms with Gasteiger partial charge >= 0.3 is 17.6 Å². The predicted molar refractivity (Wildman–Crippen MR) is 75.9 cm³/mol. The SMILES string of the molecule is CC1C(=O)OC[C@H]2O[C@@H](n3ccc(=O)[nH]c3=O)[C@@](C)(O)[C@@H]2OC1=O. The van der Waals surface area contributed by atoms with Gasteiger partial charge in [-0.25, -0.2) is 4.79 Å². The highest BCUT2D eigenvalue weighted by Gasteiger charge is 2.57. The lowest BCUT2D eigenvalue weighted by atomic mass is 9.95. The van der Waals surface area contributed by atoms with Gasteiger partial charge < -0.3 is 19.3 Å². The predicted octanol–water partition coefficient (Wildman–Crippen LogP) is -1.71. The normalized spacial score (nSPS) is 36.3. The number of cyclic esters (lactones) is 1. The lowest BCUT2D eigenvalue weighted by Gasteiger charge is -2.31. The Morgan fingerprint density at radius 2 is 2.00 bits per heavy atom. The molecule has 1 unspecified atom stereocenters. The summed E-state index contributed by atoms with van der Waals surface area (Å²) in [4.78, 5) is 48.8. The number of nitrogens with one attached hydrogen (secondary N) is 1. The molecule has 2 aliphatic heterocycles. The number of aromatic nitrogens is 2. The number of rotatable bonds is 1. The average molecular weight is 340 g/mol. The van der Waals surface area contributed by atoms with E-state index in [4.69, 9.17) is 14.2 Å². The van der Waals surface area contributed by atoms with Crippen molar-refractivity contribution in [3.05, 3.63) is 33.1 Å². The maximum atomic E-state index is 12.0. The Balaban J connectivity index is 1.98. The molecule has 0 amide bonds. The van der Waals surface area contributed by atoms with Crippen molar-refractivity contribution >= 4 is 11.9 Å². The molecule has 2 aliphatic rings. The Labute approximate surface area is 134 Å². The first-order valence-corrected chi connectivity index (χ1v) is 7.28. The van der Waals surface area contributed by atoms with Crippen molar-refractivity contribution in [1.82, 2.24) is 9.55 Å². The molecule has 5 atom stereocenters. The van der Waals surface area contributed by atoms with Gasteiger partial charge in [0.15, 0.2) is 18.2 Å². The van der Waals surface area contributed by atoms with Gasteiger partial charge in [-0.3, -0.25) is 23.9 Å². The molecule has 0 bridgehead atoms. The standard InChI is InChI=1S/C14H16N2O8/c1-6-10(18)22-5-7-9(24-11(6)19)14(2,21)12(23-7)16-4-3-8(17)15-13(16)20/h3-4,6-7,9,12,21H,5H2,1-2H3,(H,15,17,20)/t6?,7-,9-,12-,14+/m1/s1. The highest BCUT2D eigenvalue weighted by Crippen LogP contribution is 2.40. The van der Waals surface area contributed by atoms with Crippen LogP contribution in [-0.2, 0) is 23.8 Å². The summed E-state index contributed by atoms with van der Waals surface area (Å²) >= 11 is 0. The summed E-state index contributed by atoms with van der Waals surface area (Å²) in [5.74, 6) is -2.74. The molecule has 2 N–H and O–H groups in total. The fourth-order valence-electron chi connectivity index (χ4n) is 2.79. The van der Waals surface area contributed by atoms with Crippen LogP contribution in [0.1, 0.15) is 20.1 Å². The van der Waals surface area contributed by atoms with Gasteiger partial charge in [0.2, 0.25) is 0 Å². The third-order valence-electron chi connectivity index (χ3n) is 4.16. The van der Waals surface area contributed by atoms with E-state index in [0.29, 0.717) is 0 Å². The smallest absolute Gasteiger partial charge is 0.330 e. The van der Waals surface area contributed by atoms with Gasteiger partial charge in [0.05, 0.1) is 0 Å². The maximum Gasteiger partial charge on any atom is 0.330 e. The van der Waals surface area contributed by atoms with E-state index < -0.39 is 53.1 Å². The minimum Gasteiger partial charge on any atom is -0.462 e. The highest BCUT2D eigenvalue weighted by atomic mass is 16.6. The van der Waals surface area contributed by atoms with E-state index in [2.05, 4.69) is 0 Å². The second-order valence-corrected chi connectivity index (χ2v) is 5.98. The van der Waals surface area contributed by atoms with Crippen LogP contribution < -0.4 is 11.2 Å². The number of hydrogen-bond acceptors (Lipinski definition) is 8. The molecule has 3 heterocycles. The van der Waals surface area contributed by atoms with Crippen molar-refractivity contribution < 1.29 is 28.9 Å². The highest BCUT2D eigenvalue weighted by molar-refractivity contribution is 5.94. The second-order valence-electron chi connectivity index (χ2n) is 5.98. The lowest BCUT2D eigenvalue weighted by Crippen LogP contribution is -2.51. The van der Waals surface area contributed by atoms with E-state index >= 15 is 0 Å². The van der Waals surface area contributed by atoms with Crippen molar-refractivity contribution in [2.24, 2.45) is 5.92 Å². The molecule has 0 radical (unpaired) electrons. The summed E-state index contributed by atoms with van der Waals surface area (Å²) in [6.45, 7) is 2.42. The molecular weight excluding hydrogens is 324 g/mol. The Morgan fingerprint density at radius 1 is 1.29 bits per heavy atom. The zero-order valence-corrected chi connectivity index (χ0v) is 12.9. The Hall–Kier alpha value is -2.46. The summed E-state index contributed by atoms with van der Waals surface area (Å²) in [5, 5.41) is 10.8. The zero-order valence-electron chi connectivity index (χ0n) is 12.9. The molecule has 10 heteroatoms. The summed E-state index contributed by atoms with van der Waals surface area (Å²) in [6.07, 6.45) is -2.18. The van der Waals surface area contributed by atoms with E-state index in [1.165, 1.54) is 13.8 Å². The van der Waals surface area contributed by atoms with Gasteiger partial charge in [-0.15, -0.1) is 0 Å². The summed E-state index contributed by atoms with van der Waals surface area (Å²) in [5.41, 5.74) is -3.18. The Bertz CT molecular complexity index is 794. The number of H-pyrrole nitrogens is 1. The molecule has 10 nitrogen and oxygen atoms in total. The first-order valence-electron chi connectivity index (χ1n) is 7.28. The van der Waals surface area contributed by atoms with Crippen LogP contribution in [-0.4, -0.2) is 51.0 Å². The molecule has 2 saturated heterocycles. The number of esters is 2. The second kappa shape index (κ2) is 5.56. The van der Waals surface area contributed by atoms with Gasteiger partial charge in [0, 0.05) is 12.3 Å². The van der Waals surface area contributed by atoms with Crippen LogP contribution in [0, 0.1) is 5.92 Å². The van der Waals surface area contributed by atoms with Crippen molar-refractivity contribution in [3.63, 3.8) is 0 Å². The number of aromatic amines is 1. The largest absolute Gasteiger partial charge is 0.462 e. The molecule has 3 rings (SSSR count). The van der Waals surface area contributed by atoms with Gasteiger partial charge in [-0.2, -0.15) is 0 Å². The summed E-state index contributed by atoms with van der Waals surface area (Å²) < 4.78 is 16.8. The third kappa shape index (κ3) is 2.53. The lowest BCUT2D eigenvalue weighted by molar-refractivity contribution is -0.182. The molecule has 1 aromatic heterocycles. The molecular formula is C14H16N2O8. The maximum absolute atomic E-state index is 12.0. The van der Waals surface area contributed by atoms with E-state index in [-0.39, 0.29) is 6.61 Å². The van der Waals surface area contributed by atoms with Crippen LogP contribution in [0.15, 0.2) is 21.9 Å². The van der Waals surface area contributed by atoms with Crippen molar-refractivity contribution in [3.8, 4) is 0 Å². The Morgan fingerprint density at radius 3 is 2.67 bits per heavy atom. The van der Waals surface area contributed by atoms with Crippen LogP contribution in [0.25, 0.3) is 0 Å². The van der Waals surface area contributed by atoms with Crippen molar-refractivity contribution in [1.29, 1.82) is 0 Å². The number of carbonyl (C=O) groups excluding carboxylic acids is 2. The summed E-state index contributed by atoms with van der Waals surface area (Å²) in [6, 6.07) is 1.09. The van der Waals surface area contributed by atoms with E-state index in [0.717, 1.165) is 16.8 Å². The van der Waals surface area contributed by atoms with Gasteiger partial charge in [0.1, 0.15) is 18.3 Å². The quantitative estimate of drug-likeness (QED) is 0.455. The molecule has 0 aromatic carbocycles. The number of fused-ring (bicyclic) bond motifs is 1. The molecule has 24 heavy (non-hydrogen) atoms. The zero-order chi connectivity index (χ0) is 17.6. The van der Waals surface area contributed by atoms with Crippen molar-refractivity contribution in [2.45, 2.75) is 37.9 Å². The number of aliphatic hydroxyl groups is 1. The summed E-state index contributed by atoms with van der Waals surface area (Å²) in [7, 11) is 0. The van der Waals surface area contributed by atoms with E-state index in [9.17, 15) is 24.3 Å². The van der Waals surface area contributed by atoms with E-state index in [1.807, 2.05) is 4.98 Å². The minimum atomic E-state index is -1.79. The topological polar surface area (TPSA) is 137 Å². The molecule has 0 aliphatic carbocycles. The molecule has 0 saturated carbocycles. The molecule has 0 spiro atoms. The van der Waals surface area contributed by atoms with Crippen LogP contribution in [0.5, 0.6) is 0 Å². The first kappa shape index (κ1) is 16.4. The fourth-order valence-corrected chi connectivity index (χ4v) is 2.79. The Kier molecular flexibility index (Phi) is 3.80. The van der Waals surface area contributed by atoms with Crippen molar-refractivity contribution in [2.75, 3.05) is 6.61 Å². The third-order valence-corrected chi connectivity index (χ3v) is 4.16. The van der Waals surface area contributed by atoms with Gasteiger partial charge in [-0.1, -0.05) is 0 Å². The molecule has 2 fully saturated rings. The van der Waals surface area contributed by atoms with Crippen LogP contribution >= 0.6 is 0 Å². The molecule has 1 aromatic rings. The van der Waals surface area contributed by atoms with Crippen LogP contribution in [0.4, 0.5) is 0 Å². The van der Waals surface area contributed by atoms with Crippen LogP contribution in [0.2, 0.25) is 0 Å². The van der Waals surface area contributed by atoms with Gasteiger partial charge in [-0.05, 0) is 13.8 Å². The van der Waals surface area contributed by atoms with E-state index in [1.54, 1.807) is 0 Å². The monoisotopic (exact) mass is 340 g/mol. The minimum absolute atomic E-state index is 0.244. The molecule has 130 valence electrons. The number of nitrogens with zero attached hydrogens (tertiary/aromatic N) is 1. The first-order chi connectivity index (χ1) is 11.2. The average Bonchev–Trinajstić information content (AvgIpc) is 2.74. The number of hydrogen-bond donors (Lipinski definition) is 2.